The summed E-state index contributed by atoms with van der Waals surface area (Å²) in [7, 11) is 0. The lowest BCUT2D eigenvalue weighted by molar-refractivity contribution is 0.627. The summed E-state index contributed by atoms with van der Waals surface area (Å²) >= 11 is 0. The van der Waals surface area contributed by atoms with E-state index in [1.165, 1.54) is 28.8 Å². The highest BCUT2D eigenvalue weighted by Crippen LogP contribution is 2.23. The molecule has 1 aliphatic rings. The van der Waals surface area contributed by atoms with Crippen LogP contribution in [0.25, 0.3) is 6.08 Å². The van der Waals surface area contributed by atoms with Crippen LogP contribution in [-0.2, 0) is 13.0 Å². The number of aromatic nitrogens is 1. The molecule has 1 aromatic heterocycles. The number of nitrogens with zero attached hydrogens (tertiary/aromatic N) is 2. The van der Waals surface area contributed by atoms with E-state index in [1.807, 2.05) is 42.5 Å². The highest BCUT2D eigenvalue weighted by molar-refractivity contribution is 6.13. The van der Waals surface area contributed by atoms with Crippen molar-refractivity contribution in [1.82, 2.24) is 4.98 Å². The molecule has 0 saturated carbocycles. The summed E-state index contributed by atoms with van der Waals surface area (Å²) in [6.45, 7) is 0.716. The molecular formula is C22H17FN2. The van der Waals surface area contributed by atoms with Gasteiger partial charge >= 0.3 is 0 Å². The Balaban J connectivity index is 1.56. The number of allylic oxidation sites excluding steroid dienone is 1. The molecule has 0 bridgehead atoms. The van der Waals surface area contributed by atoms with E-state index >= 15 is 0 Å². The highest BCUT2D eigenvalue weighted by Gasteiger charge is 2.14. The third kappa shape index (κ3) is 3.56. The van der Waals surface area contributed by atoms with E-state index in [-0.39, 0.29) is 5.82 Å². The first-order valence-corrected chi connectivity index (χ1v) is 8.28. The van der Waals surface area contributed by atoms with Gasteiger partial charge < -0.3 is 0 Å². The van der Waals surface area contributed by atoms with Crippen LogP contribution < -0.4 is 0 Å². The van der Waals surface area contributed by atoms with E-state index in [0.29, 0.717) is 6.54 Å². The summed E-state index contributed by atoms with van der Waals surface area (Å²) in [4.78, 5) is 8.93. The summed E-state index contributed by atoms with van der Waals surface area (Å²) in [6, 6.07) is 19.0. The van der Waals surface area contributed by atoms with E-state index in [0.717, 1.165) is 23.4 Å². The van der Waals surface area contributed by atoms with Gasteiger partial charge in [-0.15, -0.1) is 0 Å². The number of halogens is 1. The lowest BCUT2D eigenvalue weighted by atomic mass is 9.98. The van der Waals surface area contributed by atoms with Gasteiger partial charge in [-0.25, -0.2) is 4.39 Å². The molecule has 0 atom stereocenters. The summed E-state index contributed by atoms with van der Waals surface area (Å²) in [5.74, 6) is -0.202. The standard InChI is InChI=1S/C22H17FN2/c23-19-8-5-16(6-9-19)13-17-4-7-18-15-25-22(21(18)14-17)11-10-20-3-1-2-12-24-20/h1-12,14H,13,15H2/b11-10+. The van der Waals surface area contributed by atoms with Gasteiger partial charge in [0.25, 0.3) is 0 Å². The zero-order chi connectivity index (χ0) is 17.1. The highest BCUT2D eigenvalue weighted by atomic mass is 19.1. The number of hydrogen-bond acceptors (Lipinski definition) is 2. The smallest absolute Gasteiger partial charge is 0.123 e. The number of benzene rings is 2. The first kappa shape index (κ1) is 15.5. The van der Waals surface area contributed by atoms with E-state index < -0.39 is 0 Å². The molecule has 1 aliphatic heterocycles. The molecule has 0 amide bonds. The second-order valence-corrected chi connectivity index (χ2v) is 6.08. The van der Waals surface area contributed by atoms with Crippen LogP contribution in [0.3, 0.4) is 0 Å². The summed E-state index contributed by atoms with van der Waals surface area (Å²) in [5, 5.41) is 0. The fourth-order valence-electron chi connectivity index (χ4n) is 2.98. The van der Waals surface area contributed by atoms with Gasteiger partial charge in [-0.2, -0.15) is 0 Å². The quantitative estimate of drug-likeness (QED) is 0.673. The third-order valence-electron chi connectivity index (χ3n) is 4.29. The molecule has 0 spiro atoms. The maximum Gasteiger partial charge on any atom is 0.123 e. The Labute approximate surface area is 146 Å². The van der Waals surface area contributed by atoms with Crippen molar-refractivity contribution in [1.29, 1.82) is 0 Å². The van der Waals surface area contributed by atoms with Crippen molar-refractivity contribution in [3.05, 3.63) is 107 Å². The van der Waals surface area contributed by atoms with Gasteiger partial charge in [-0.3, -0.25) is 9.98 Å². The Kier molecular flexibility index (Phi) is 4.21. The van der Waals surface area contributed by atoms with Crippen molar-refractivity contribution in [3.8, 4) is 0 Å². The zero-order valence-corrected chi connectivity index (χ0v) is 13.7. The average Bonchev–Trinajstić information content (AvgIpc) is 3.05. The first-order chi connectivity index (χ1) is 12.3. The summed E-state index contributed by atoms with van der Waals surface area (Å²) in [6.07, 6.45) is 6.58. The fraction of sp³-hybridized carbons (Fsp3) is 0.0909. The van der Waals surface area contributed by atoms with E-state index in [1.54, 1.807) is 6.20 Å². The Bertz CT molecular complexity index is 942. The topological polar surface area (TPSA) is 25.2 Å². The second-order valence-electron chi connectivity index (χ2n) is 6.08. The van der Waals surface area contributed by atoms with Gasteiger partial charge in [0.1, 0.15) is 5.82 Å². The molecule has 0 fully saturated rings. The first-order valence-electron chi connectivity index (χ1n) is 8.28. The van der Waals surface area contributed by atoms with Crippen molar-refractivity contribution in [2.24, 2.45) is 4.99 Å². The molecule has 25 heavy (non-hydrogen) atoms. The summed E-state index contributed by atoms with van der Waals surface area (Å²) < 4.78 is 13.1. The van der Waals surface area contributed by atoms with Crippen LogP contribution in [0.5, 0.6) is 0 Å². The molecule has 4 rings (SSSR count). The predicted octanol–water partition coefficient (Wildman–Crippen LogP) is 4.83. The number of aliphatic imine (C=N–C) groups is 1. The van der Waals surface area contributed by atoms with Crippen molar-refractivity contribution in [3.63, 3.8) is 0 Å². The fourth-order valence-corrected chi connectivity index (χ4v) is 2.98. The number of hydrogen-bond donors (Lipinski definition) is 0. The number of rotatable bonds is 4. The second kappa shape index (κ2) is 6.81. The minimum atomic E-state index is -0.202. The molecule has 3 aromatic rings. The molecule has 0 aliphatic carbocycles. The van der Waals surface area contributed by atoms with Crippen LogP contribution >= 0.6 is 0 Å². The lowest BCUT2D eigenvalue weighted by Crippen LogP contribution is -1.97. The summed E-state index contributed by atoms with van der Waals surface area (Å²) in [5.41, 5.74) is 6.62. The molecule has 0 radical (unpaired) electrons. The van der Waals surface area contributed by atoms with Gasteiger partial charge in [-0.1, -0.05) is 30.3 Å². The minimum Gasteiger partial charge on any atom is -0.280 e. The van der Waals surface area contributed by atoms with E-state index in [4.69, 9.17) is 0 Å². The lowest BCUT2D eigenvalue weighted by Gasteiger charge is -2.06. The Hall–Kier alpha value is -3.07. The molecule has 0 unspecified atom stereocenters. The minimum absolute atomic E-state index is 0.202. The zero-order valence-electron chi connectivity index (χ0n) is 13.7. The van der Waals surface area contributed by atoms with Gasteiger partial charge in [0, 0.05) is 11.8 Å². The Morgan fingerprint density at radius 2 is 1.76 bits per heavy atom. The molecule has 3 heteroatoms. The molecule has 0 saturated heterocycles. The maximum absolute atomic E-state index is 13.1. The van der Waals surface area contributed by atoms with Gasteiger partial charge in [0.2, 0.25) is 0 Å². The van der Waals surface area contributed by atoms with Crippen LogP contribution in [0.15, 0.2) is 77.9 Å². The van der Waals surface area contributed by atoms with Crippen molar-refractivity contribution in [2.75, 3.05) is 0 Å². The van der Waals surface area contributed by atoms with Crippen LogP contribution in [-0.4, -0.2) is 10.7 Å². The monoisotopic (exact) mass is 328 g/mol. The largest absolute Gasteiger partial charge is 0.280 e. The third-order valence-corrected chi connectivity index (χ3v) is 4.29. The van der Waals surface area contributed by atoms with Crippen LogP contribution in [0, 0.1) is 5.82 Å². The van der Waals surface area contributed by atoms with Crippen molar-refractivity contribution < 1.29 is 4.39 Å². The molecule has 2 aromatic carbocycles. The SMILES string of the molecule is Fc1ccc(Cc2ccc3c(c2)C(/C=C/c2ccccn2)=NC3)cc1. The van der Waals surface area contributed by atoms with Crippen LogP contribution in [0.2, 0.25) is 0 Å². The van der Waals surface area contributed by atoms with Gasteiger partial charge in [-0.05, 0) is 65.6 Å². The Morgan fingerprint density at radius 3 is 2.56 bits per heavy atom. The average molecular weight is 328 g/mol. The van der Waals surface area contributed by atoms with Crippen LogP contribution in [0.1, 0.15) is 27.9 Å². The maximum atomic E-state index is 13.1. The molecule has 2 nitrogen and oxygen atoms in total. The van der Waals surface area contributed by atoms with E-state index in [2.05, 4.69) is 28.2 Å². The molecule has 122 valence electrons. The number of pyridine rings is 1. The van der Waals surface area contributed by atoms with Gasteiger partial charge in [0.15, 0.2) is 0 Å². The number of fused-ring (bicyclic) bond motifs is 1. The Morgan fingerprint density at radius 1 is 0.920 bits per heavy atom. The molecular weight excluding hydrogens is 311 g/mol. The molecule has 0 N–H and O–H groups in total. The van der Waals surface area contributed by atoms with Gasteiger partial charge in [0.05, 0.1) is 18.0 Å². The van der Waals surface area contributed by atoms with Crippen LogP contribution in [0.4, 0.5) is 4.39 Å². The normalized spacial score (nSPS) is 13.1. The van der Waals surface area contributed by atoms with Crippen molar-refractivity contribution >= 4 is 11.8 Å². The van der Waals surface area contributed by atoms with E-state index in [9.17, 15) is 4.39 Å². The van der Waals surface area contributed by atoms with Crippen molar-refractivity contribution in [2.45, 2.75) is 13.0 Å². The molecule has 2 heterocycles. The predicted molar refractivity (Wildman–Crippen MR) is 99.2 cm³/mol.